The molecule has 3 rings (SSSR count). The first kappa shape index (κ1) is 14.8. The smallest absolute Gasteiger partial charge is 0.233 e. The molecule has 0 radical (unpaired) electrons. The minimum absolute atomic E-state index is 0.157. The average molecular weight is 318 g/mol. The van der Waals surface area contributed by atoms with E-state index in [0.717, 1.165) is 18.7 Å². The van der Waals surface area contributed by atoms with E-state index in [-0.39, 0.29) is 5.91 Å². The predicted octanol–water partition coefficient (Wildman–Crippen LogP) is 2.21. The first-order valence-electron chi connectivity index (χ1n) is 7.13. The number of rotatable bonds is 5. The highest BCUT2D eigenvalue weighted by molar-refractivity contribution is 6.29. The van der Waals surface area contributed by atoms with Crippen LogP contribution in [0.15, 0.2) is 42.7 Å². The second-order valence-electron chi connectivity index (χ2n) is 5.32. The lowest BCUT2D eigenvalue weighted by Gasteiger charge is -2.39. The molecule has 1 fully saturated rings. The van der Waals surface area contributed by atoms with Crippen molar-refractivity contribution in [2.75, 3.05) is 19.7 Å². The average Bonchev–Trinajstić information content (AvgIpc) is 2.46. The molecule has 1 amide bonds. The van der Waals surface area contributed by atoms with Crippen molar-refractivity contribution in [1.82, 2.24) is 14.9 Å². The van der Waals surface area contributed by atoms with E-state index in [0.29, 0.717) is 30.0 Å². The fourth-order valence-corrected chi connectivity index (χ4v) is 2.50. The number of hydrogen-bond donors (Lipinski definition) is 0. The highest BCUT2D eigenvalue weighted by atomic mass is 35.5. The number of aromatic nitrogens is 2. The van der Waals surface area contributed by atoms with Crippen molar-refractivity contribution in [2.45, 2.75) is 6.42 Å². The van der Waals surface area contributed by atoms with Crippen LogP contribution in [-0.4, -0.2) is 40.5 Å². The van der Waals surface area contributed by atoms with Gasteiger partial charge in [0, 0.05) is 19.0 Å². The number of ether oxygens (including phenoxy) is 1. The molecule has 1 saturated heterocycles. The minimum atomic E-state index is 0.157. The number of carbonyl (C=O) groups is 1. The van der Waals surface area contributed by atoms with Crippen molar-refractivity contribution in [3.05, 3.63) is 53.4 Å². The maximum absolute atomic E-state index is 12.1. The van der Waals surface area contributed by atoms with Gasteiger partial charge in [0.05, 0.1) is 25.4 Å². The number of benzene rings is 1. The zero-order valence-corrected chi connectivity index (χ0v) is 12.7. The summed E-state index contributed by atoms with van der Waals surface area (Å²) in [5.41, 5.74) is 1.04. The molecule has 2 aromatic rings. The lowest BCUT2D eigenvalue weighted by molar-refractivity contribution is -0.137. The van der Waals surface area contributed by atoms with Crippen LogP contribution in [0, 0.1) is 5.92 Å². The zero-order chi connectivity index (χ0) is 15.4. The molecular weight excluding hydrogens is 302 g/mol. The lowest BCUT2D eigenvalue weighted by Crippen LogP contribution is -2.52. The number of hydrogen-bond acceptors (Lipinski definition) is 4. The van der Waals surface area contributed by atoms with Crippen LogP contribution in [0.1, 0.15) is 5.56 Å². The highest BCUT2D eigenvalue weighted by Crippen LogP contribution is 2.19. The van der Waals surface area contributed by atoms with Crippen LogP contribution < -0.4 is 4.74 Å². The molecule has 1 aliphatic rings. The SMILES string of the molecule is O=C(Cc1ccccc1)N1CC(COc2cncc(Cl)n2)C1. The monoisotopic (exact) mass is 317 g/mol. The van der Waals surface area contributed by atoms with E-state index >= 15 is 0 Å². The summed E-state index contributed by atoms with van der Waals surface area (Å²) in [7, 11) is 0. The third-order valence-corrected chi connectivity index (χ3v) is 3.74. The Bertz CT molecular complexity index is 645. The molecular formula is C16H16ClN3O2. The van der Waals surface area contributed by atoms with E-state index in [4.69, 9.17) is 16.3 Å². The molecule has 0 spiro atoms. The molecule has 0 saturated carbocycles. The Balaban J connectivity index is 1.41. The molecule has 0 bridgehead atoms. The number of amides is 1. The summed E-state index contributed by atoms with van der Waals surface area (Å²) in [6, 6.07) is 9.78. The van der Waals surface area contributed by atoms with Crippen LogP contribution >= 0.6 is 11.6 Å². The summed E-state index contributed by atoms with van der Waals surface area (Å²) in [4.78, 5) is 21.9. The van der Waals surface area contributed by atoms with Crippen LogP contribution in [0.5, 0.6) is 5.88 Å². The van der Waals surface area contributed by atoms with Gasteiger partial charge in [0.15, 0.2) is 5.15 Å². The number of likely N-dealkylation sites (tertiary alicyclic amines) is 1. The van der Waals surface area contributed by atoms with Crippen LogP contribution in [0.3, 0.4) is 0 Å². The van der Waals surface area contributed by atoms with Crippen molar-refractivity contribution < 1.29 is 9.53 Å². The van der Waals surface area contributed by atoms with Crippen LogP contribution in [-0.2, 0) is 11.2 Å². The molecule has 0 aliphatic carbocycles. The van der Waals surface area contributed by atoms with Gasteiger partial charge in [-0.2, -0.15) is 4.98 Å². The quantitative estimate of drug-likeness (QED) is 0.848. The first-order chi connectivity index (χ1) is 10.7. The summed E-state index contributed by atoms with van der Waals surface area (Å²) in [5.74, 6) is 0.909. The van der Waals surface area contributed by atoms with E-state index in [1.807, 2.05) is 35.2 Å². The predicted molar refractivity (Wildman–Crippen MR) is 82.8 cm³/mol. The van der Waals surface area contributed by atoms with Crippen molar-refractivity contribution >= 4 is 17.5 Å². The highest BCUT2D eigenvalue weighted by Gasteiger charge is 2.30. The van der Waals surface area contributed by atoms with Gasteiger partial charge >= 0.3 is 0 Å². The summed E-state index contributed by atoms with van der Waals surface area (Å²) in [6.45, 7) is 1.96. The Morgan fingerprint density at radius 2 is 2.05 bits per heavy atom. The van der Waals surface area contributed by atoms with Gasteiger partial charge in [-0.15, -0.1) is 0 Å². The molecule has 0 atom stereocenters. The largest absolute Gasteiger partial charge is 0.476 e. The van der Waals surface area contributed by atoms with Crippen LogP contribution in [0.2, 0.25) is 5.15 Å². The van der Waals surface area contributed by atoms with E-state index in [2.05, 4.69) is 9.97 Å². The standard InChI is InChI=1S/C16H16ClN3O2/c17-14-7-18-8-15(19-14)22-11-13-9-20(10-13)16(21)6-12-4-2-1-3-5-12/h1-5,7-8,13H,6,9-11H2. The molecule has 114 valence electrons. The normalized spacial score (nSPS) is 14.5. The van der Waals surface area contributed by atoms with Gasteiger partial charge in [0.2, 0.25) is 11.8 Å². The molecule has 1 aliphatic heterocycles. The Morgan fingerprint density at radius 1 is 1.27 bits per heavy atom. The number of nitrogens with zero attached hydrogens (tertiary/aromatic N) is 3. The maximum Gasteiger partial charge on any atom is 0.233 e. The van der Waals surface area contributed by atoms with Gasteiger partial charge < -0.3 is 9.64 Å². The molecule has 0 unspecified atom stereocenters. The molecule has 5 nitrogen and oxygen atoms in total. The van der Waals surface area contributed by atoms with Gasteiger partial charge in [0.1, 0.15) is 0 Å². The van der Waals surface area contributed by atoms with Crippen molar-refractivity contribution in [2.24, 2.45) is 5.92 Å². The van der Waals surface area contributed by atoms with Crippen LogP contribution in [0.25, 0.3) is 0 Å². The summed E-state index contributed by atoms with van der Waals surface area (Å²) < 4.78 is 5.54. The van der Waals surface area contributed by atoms with E-state index in [1.165, 1.54) is 12.4 Å². The molecule has 1 aromatic carbocycles. The fourth-order valence-electron chi connectivity index (χ4n) is 2.36. The number of carbonyl (C=O) groups excluding carboxylic acids is 1. The van der Waals surface area contributed by atoms with Gasteiger partial charge in [0.25, 0.3) is 0 Å². The third-order valence-electron chi connectivity index (χ3n) is 3.56. The fraction of sp³-hybridized carbons (Fsp3) is 0.312. The Kier molecular flexibility index (Phi) is 4.53. The second kappa shape index (κ2) is 6.75. The molecule has 2 heterocycles. The summed E-state index contributed by atoms with van der Waals surface area (Å²) >= 11 is 5.74. The van der Waals surface area contributed by atoms with E-state index < -0.39 is 0 Å². The van der Waals surface area contributed by atoms with Crippen molar-refractivity contribution in [3.63, 3.8) is 0 Å². The van der Waals surface area contributed by atoms with Gasteiger partial charge in [-0.3, -0.25) is 9.78 Å². The Labute approximate surface area is 133 Å². The Hall–Kier alpha value is -2.14. The van der Waals surface area contributed by atoms with Gasteiger partial charge in [-0.25, -0.2) is 0 Å². The third kappa shape index (κ3) is 3.74. The first-order valence-corrected chi connectivity index (χ1v) is 7.50. The van der Waals surface area contributed by atoms with Crippen molar-refractivity contribution in [1.29, 1.82) is 0 Å². The van der Waals surface area contributed by atoms with E-state index in [9.17, 15) is 4.79 Å². The van der Waals surface area contributed by atoms with Crippen molar-refractivity contribution in [3.8, 4) is 5.88 Å². The number of halogens is 1. The Morgan fingerprint density at radius 3 is 2.77 bits per heavy atom. The molecule has 6 heteroatoms. The second-order valence-corrected chi connectivity index (χ2v) is 5.71. The maximum atomic E-state index is 12.1. The summed E-state index contributed by atoms with van der Waals surface area (Å²) in [6.07, 6.45) is 3.44. The molecule has 0 N–H and O–H groups in total. The topological polar surface area (TPSA) is 55.3 Å². The lowest BCUT2D eigenvalue weighted by atomic mass is 10.00. The molecule has 1 aromatic heterocycles. The molecule has 22 heavy (non-hydrogen) atoms. The van der Waals surface area contributed by atoms with Gasteiger partial charge in [-0.05, 0) is 5.56 Å². The van der Waals surface area contributed by atoms with E-state index in [1.54, 1.807) is 0 Å². The minimum Gasteiger partial charge on any atom is -0.476 e. The zero-order valence-electron chi connectivity index (χ0n) is 12.0. The van der Waals surface area contributed by atoms with Gasteiger partial charge in [-0.1, -0.05) is 41.9 Å². The van der Waals surface area contributed by atoms with Crippen LogP contribution in [0.4, 0.5) is 0 Å². The summed E-state index contributed by atoms with van der Waals surface area (Å²) in [5, 5.41) is 0.311.